The maximum absolute atomic E-state index is 14.6. The van der Waals surface area contributed by atoms with Crippen LogP contribution in [0.2, 0.25) is 0 Å². The summed E-state index contributed by atoms with van der Waals surface area (Å²) < 4.78 is 57.8. The molecule has 82 heavy (non-hydrogen) atoms. The second kappa shape index (κ2) is 37.7. The van der Waals surface area contributed by atoms with E-state index in [-0.39, 0.29) is 87.7 Å². The number of Topliss-reactive ketones (excluding diaryl/α,β-unsaturated/α-hetero) is 3. The van der Waals surface area contributed by atoms with Crippen molar-refractivity contribution in [3.8, 4) is 0 Å². The van der Waals surface area contributed by atoms with Crippen molar-refractivity contribution in [1.29, 1.82) is 0 Å². The number of carbonyl (C=O) groups is 5. The number of ketones is 3. The fourth-order valence-corrected chi connectivity index (χ4v) is 11.3. The maximum atomic E-state index is 14.6. The van der Waals surface area contributed by atoms with Crippen LogP contribution in [-0.2, 0) is 71.3 Å². The van der Waals surface area contributed by atoms with Crippen molar-refractivity contribution in [3.05, 3.63) is 47.6 Å². The average molecular weight is 1160 g/mol. The van der Waals surface area contributed by atoms with E-state index in [9.17, 15) is 39.3 Å². The van der Waals surface area contributed by atoms with Crippen LogP contribution in [0.3, 0.4) is 0 Å². The van der Waals surface area contributed by atoms with Crippen LogP contribution in [0.25, 0.3) is 0 Å². The van der Waals surface area contributed by atoms with Gasteiger partial charge in [0, 0.05) is 51.4 Å². The number of amides is 1. The predicted octanol–water partition coefficient (Wildman–Crippen LogP) is 5.63. The van der Waals surface area contributed by atoms with Gasteiger partial charge in [-0.05, 0) is 107 Å². The monoisotopic (exact) mass is 1160 g/mol. The Morgan fingerprint density at radius 2 is 1.37 bits per heavy atom. The lowest BCUT2D eigenvalue weighted by Gasteiger charge is -2.43. The van der Waals surface area contributed by atoms with Gasteiger partial charge in [-0.2, -0.15) is 0 Å². The Kier molecular flexibility index (Phi) is 32.6. The molecule has 0 unspecified atom stereocenters. The van der Waals surface area contributed by atoms with E-state index in [2.05, 4.69) is 0 Å². The van der Waals surface area contributed by atoms with Crippen molar-refractivity contribution in [2.45, 2.75) is 180 Å². The highest BCUT2D eigenvalue weighted by molar-refractivity contribution is 6.39. The van der Waals surface area contributed by atoms with Crippen molar-refractivity contribution < 1.29 is 91.8 Å². The quantitative estimate of drug-likeness (QED) is 0.0418. The van der Waals surface area contributed by atoms with Gasteiger partial charge in [-0.1, -0.05) is 71.1 Å². The first kappa shape index (κ1) is 70.9. The molecular formula is C62H101NO19. The van der Waals surface area contributed by atoms with Gasteiger partial charge in [-0.3, -0.25) is 19.2 Å². The molecule has 468 valence electrons. The summed E-state index contributed by atoms with van der Waals surface area (Å²) >= 11 is 0. The Hall–Kier alpha value is -3.61. The first-order valence-corrected chi connectivity index (χ1v) is 30.0. The number of fused-ring (bicyclic) bond motifs is 3. The second-order valence-corrected chi connectivity index (χ2v) is 23.0. The fourth-order valence-electron chi connectivity index (χ4n) is 11.3. The molecule has 0 aromatic carbocycles. The second-order valence-electron chi connectivity index (χ2n) is 23.0. The highest BCUT2D eigenvalue weighted by Gasteiger charge is 2.53. The number of esters is 1. The number of hydrogen-bond donors (Lipinski definition) is 4. The van der Waals surface area contributed by atoms with E-state index < -0.39 is 83.9 Å². The third-order valence-electron chi connectivity index (χ3n) is 16.5. The molecule has 4 rings (SSSR count). The van der Waals surface area contributed by atoms with Crippen LogP contribution in [0.1, 0.15) is 126 Å². The maximum Gasteiger partial charge on any atom is 0.329 e. The Bertz CT molecular complexity index is 2060. The molecule has 3 heterocycles. The zero-order valence-electron chi connectivity index (χ0n) is 50.6. The van der Waals surface area contributed by atoms with Crippen LogP contribution >= 0.6 is 0 Å². The topological polar surface area (TPSA) is 262 Å². The van der Waals surface area contributed by atoms with Gasteiger partial charge in [0.25, 0.3) is 11.7 Å². The number of piperidine rings is 1. The number of carbonyl (C=O) groups excluding carboxylic acids is 5. The third-order valence-corrected chi connectivity index (χ3v) is 16.5. The van der Waals surface area contributed by atoms with Gasteiger partial charge in [-0.15, -0.1) is 0 Å². The van der Waals surface area contributed by atoms with E-state index in [1.807, 2.05) is 51.2 Å². The smallest absolute Gasteiger partial charge is 0.329 e. The fraction of sp³-hybridized carbons (Fsp3) is 0.790. The molecule has 0 radical (unpaired) electrons. The number of aliphatic hydroxyl groups is 4. The van der Waals surface area contributed by atoms with E-state index in [0.29, 0.717) is 116 Å². The standard InChI is InChI=1S/C62H101NO19/c1-41-15-11-10-12-16-42(2)53(80-34-33-79-32-31-78-30-29-77-28-27-76-26-25-75-24-23-64)39-49-20-18-47(7)62(72,82-49)59(69)60(70)63-22-14-13-17-50(63)61(71)81-54(44(4)37-48-19-21-51(65)55(38-48)73-8)40-52(66)43(3)36-46(6)57(68)58(74-9)56(67)45(5)35-41/h10-12,15-16,36,41,43-45,47-51,53-55,57-58,64-65,68,72H,13-14,17-35,37-40H2,1-9H3/b12-10+,15-11+,42-16+,46-36+/t41-,43-,44-,45-,47-,48+,49+,50+,51-,53+,54+,55-,57-,58+,62-/m1/s1. The predicted molar refractivity (Wildman–Crippen MR) is 305 cm³/mol. The molecule has 3 fully saturated rings. The third kappa shape index (κ3) is 23.0. The van der Waals surface area contributed by atoms with Crippen molar-refractivity contribution in [1.82, 2.24) is 4.90 Å². The molecular weight excluding hydrogens is 1060 g/mol. The number of methoxy groups -OCH3 is 2. The SMILES string of the molecule is CO[C@@H]1C[C@H](C[C@@H](C)[C@@H]2CC(=O)[C@H](C)/C=C(\C)[C@@H](O)[C@@H](OC)C(=O)[C@H](C)C[C@H](C)/C=C/C=C/C=C(\C)[C@@H](OCCOCCOCCOCCOCCOCCO)C[C@@H]3CC[C@@H](C)[C@@](O)(O3)C(=O)C(=O)N3CCCC[C@H]3C(=O)O2)CC[C@H]1O. The molecule has 20 heteroatoms. The Morgan fingerprint density at radius 1 is 0.732 bits per heavy atom. The number of allylic oxidation sites excluding steroid dienone is 6. The van der Waals surface area contributed by atoms with Crippen LogP contribution in [0, 0.1) is 35.5 Å². The van der Waals surface area contributed by atoms with Gasteiger partial charge >= 0.3 is 5.97 Å². The summed E-state index contributed by atoms with van der Waals surface area (Å²) in [5, 5.41) is 43.1. The molecule has 0 aromatic heterocycles. The zero-order chi connectivity index (χ0) is 60.2. The molecule has 1 amide bonds. The van der Waals surface area contributed by atoms with Crippen molar-refractivity contribution in [2.24, 2.45) is 35.5 Å². The number of cyclic esters (lactones) is 1. The van der Waals surface area contributed by atoms with Gasteiger partial charge in [0.15, 0.2) is 5.78 Å². The van der Waals surface area contributed by atoms with Gasteiger partial charge in [0.05, 0.1) is 104 Å². The number of nitrogens with zero attached hydrogens (tertiary/aromatic N) is 1. The average Bonchev–Trinajstić information content (AvgIpc) is 2.65. The summed E-state index contributed by atoms with van der Waals surface area (Å²) in [7, 11) is 2.93. The lowest BCUT2D eigenvalue weighted by molar-refractivity contribution is -0.266. The molecule has 4 aliphatic rings. The minimum Gasteiger partial charge on any atom is -0.460 e. The van der Waals surface area contributed by atoms with E-state index in [1.54, 1.807) is 40.9 Å². The highest BCUT2D eigenvalue weighted by Crippen LogP contribution is 2.38. The van der Waals surface area contributed by atoms with E-state index in [1.165, 1.54) is 12.0 Å². The first-order valence-electron chi connectivity index (χ1n) is 30.0. The summed E-state index contributed by atoms with van der Waals surface area (Å²) in [6.07, 6.45) is 10.3. The van der Waals surface area contributed by atoms with Crippen LogP contribution < -0.4 is 0 Å². The first-order chi connectivity index (χ1) is 39.2. The van der Waals surface area contributed by atoms with Crippen molar-refractivity contribution in [2.75, 3.05) is 100 Å². The Balaban J connectivity index is 1.56. The molecule has 20 nitrogen and oxygen atoms in total. The summed E-state index contributed by atoms with van der Waals surface area (Å²) in [6.45, 7) is 16.4. The highest BCUT2D eigenvalue weighted by atomic mass is 16.6. The van der Waals surface area contributed by atoms with E-state index in [4.69, 9.17) is 52.5 Å². The van der Waals surface area contributed by atoms with Crippen molar-refractivity contribution in [3.63, 3.8) is 0 Å². The van der Waals surface area contributed by atoms with Crippen LogP contribution in [-0.4, -0.2) is 209 Å². The summed E-state index contributed by atoms with van der Waals surface area (Å²) in [5.74, 6) is -8.39. The summed E-state index contributed by atoms with van der Waals surface area (Å²) in [4.78, 5) is 72.9. The Morgan fingerprint density at radius 3 is 1.99 bits per heavy atom. The van der Waals surface area contributed by atoms with Gasteiger partial charge in [0.1, 0.15) is 30.1 Å². The summed E-state index contributed by atoms with van der Waals surface area (Å²) in [6, 6.07) is -1.18. The number of hydrogen-bond acceptors (Lipinski definition) is 19. The Labute approximate surface area is 487 Å². The molecule has 0 spiro atoms. The largest absolute Gasteiger partial charge is 0.460 e. The molecule has 1 aliphatic carbocycles. The van der Waals surface area contributed by atoms with Crippen LogP contribution in [0.5, 0.6) is 0 Å². The zero-order valence-corrected chi connectivity index (χ0v) is 50.6. The molecule has 15 atom stereocenters. The molecule has 0 aromatic rings. The van der Waals surface area contributed by atoms with E-state index >= 15 is 0 Å². The molecule has 1 saturated carbocycles. The molecule has 3 aliphatic heterocycles. The lowest BCUT2D eigenvalue weighted by Crippen LogP contribution is -2.61. The van der Waals surface area contributed by atoms with Gasteiger partial charge < -0.3 is 72.7 Å². The molecule has 4 N–H and O–H groups in total. The minimum absolute atomic E-state index is 0.0262. The minimum atomic E-state index is -2.51. The number of rotatable bonds is 23. The van der Waals surface area contributed by atoms with Crippen LogP contribution in [0.4, 0.5) is 0 Å². The van der Waals surface area contributed by atoms with E-state index in [0.717, 1.165) is 5.57 Å². The van der Waals surface area contributed by atoms with Crippen molar-refractivity contribution >= 4 is 29.2 Å². The number of aliphatic hydroxyl groups excluding tert-OH is 3. The lowest BCUT2D eigenvalue weighted by atomic mass is 9.78. The molecule has 2 bridgehead atoms. The summed E-state index contributed by atoms with van der Waals surface area (Å²) in [5.41, 5.74) is 1.19. The number of ether oxygens (including phenoxy) is 10. The normalized spacial score (nSPS) is 34.5. The van der Waals surface area contributed by atoms with Gasteiger partial charge in [-0.25, -0.2) is 4.79 Å². The molecule has 2 saturated heterocycles. The van der Waals surface area contributed by atoms with Gasteiger partial charge in [0.2, 0.25) is 5.79 Å². The van der Waals surface area contributed by atoms with Crippen LogP contribution in [0.15, 0.2) is 47.6 Å².